The molecule has 0 fully saturated rings. The summed E-state index contributed by atoms with van der Waals surface area (Å²) in [4.78, 5) is 4.76. The smallest absolute Gasteiger partial charge is 0.137 e. The second kappa shape index (κ2) is 5.27. The van der Waals surface area contributed by atoms with Crippen molar-refractivity contribution in [1.29, 1.82) is 0 Å². The number of nitrogens with two attached hydrogens (primary N) is 1. The maximum atomic E-state index is 5.95. The van der Waals surface area contributed by atoms with Gasteiger partial charge >= 0.3 is 0 Å². The minimum atomic E-state index is 0.599. The molecule has 0 radical (unpaired) electrons. The van der Waals surface area contributed by atoms with Gasteiger partial charge in [0.1, 0.15) is 5.65 Å². The summed E-state index contributed by atoms with van der Waals surface area (Å²) >= 11 is 5.95. The summed E-state index contributed by atoms with van der Waals surface area (Å²) in [5.74, 6) is 0. The molecule has 0 atom stereocenters. The predicted octanol–water partition coefficient (Wildman–Crippen LogP) is 3.46. The highest BCUT2D eigenvalue weighted by Crippen LogP contribution is 2.26. The number of aryl methyl sites for hydroxylation is 1. The third-order valence-corrected chi connectivity index (χ3v) is 3.63. The number of aromatic nitrogens is 2. The van der Waals surface area contributed by atoms with Crippen molar-refractivity contribution in [3.05, 3.63) is 58.9 Å². The molecule has 0 saturated carbocycles. The number of imidazole rings is 1. The van der Waals surface area contributed by atoms with Crippen LogP contribution in [-0.2, 0) is 6.42 Å². The highest BCUT2D eigenvalue weighted by Gasteiger charge is 2.13. The van der Waals surface area contributed by atoms with Gasteiger partial charge in [-0.25, -0.2) is 4.98 Å². The van der Waals surface area contributed by atoms with Crippen LogP contribution in [0, 0.1) is 6.92 Å². The topological polar surface area (TPSA) is 43.3 Å². The van der Waals surface area contributed by atoms with E-state index in [1.165, 1.54) is 5.56 Å². The number of hydrogen-bond donors (Lipinski definition) is 1. The molecule has 1 aromatic carbocycles. The lowest BCUT2D eigenvalue weighted by atomic mass is 10.1. The van der Waals surface area contributed by atoms with Crippen LogP contribution in [0.1, 0.15) is 11.3 Å². The second-order valence-electron chi connectivity index (χ2n) is 4.88. The molecule has 0 unspecified atom stereocenters. The van der Waals surface area contributed by atoms with Gasteiger partial charge in [-0.05, 0) is 43.3 Å². The Morgan fingerprint density at radius 3 is 2.65 bits per heavy atom. The first-order valence-electron chi connectivity index (χ1n) is 6.62. The molecule has 0 amide bonds. The van der Waals surface area contributed by atoms with Crippen LogP contribution in [0.25, 0.3) is 16.9 Å². The Morgan fingerprint density at radius 1 is 1.20 bits per heavy atom. The average Bonchev–Trinajstić information content (AvgIpc) is 2.78. The van der Waals surface area contributed by atoms with E-state index in [1.807, 2.05) is 24.3 Å². The van der Waals surface area contributed by atoms with Crippen LogP contribution in [-0.4, -0.2) is 15.9 Å². The van der Waals surface area contributed by atoms with Crippen molar-refractivity contribution < 1.29 is 0 Å². The molecule has 0 bridgehead atoms. The molecule has 3 nitrogen and oxygen atoms in total. The van der Waals surface area contributed by atoms with Crippen LogP contribution >= 0.6 is 11.6 Å². The molecule has 0 saturated heterocycles. The first-order chi connectivity index (χ1) is 9.69. The Kier molecular flexibility index (Phi) is 3.47. The number of nitrogens with zero attached hydrogens (tertiary/aromatic N) is 2. The lowest BCUT2D eigenvalue weighted by Gasteiger charge is -2.04. The predicted molar refractivity (Wildman–Crippen MR) is 83.1 cm³/mol. The fraction of sp³-hybridized carbons (Fsp3) is 0.188. The Morgan fingerprint density at radius 2 is 1.95 bits per heavy atom. The van der Waals surface area contributed by atoms with Gasteiger partial charge in [-0.3, -0.25) is 0 Å². The average molecular weight is 286 g/mol. The zero-order valence-electron chi connectivity index (χ0n) is 11.3. The lowest BCUT2D eigenvalue weighted by molar-refractivity contribution is 0.906. The van der Waals surface area contributed by atoms with Crippen molar-refractivity contribution in [3.63, 3.8) is 0 Å². The highest BCUT2D eigenvalue weighted by molar-refractivity contribution is 6.30. The van der Waals surface area contributed by atoms with E-state index in [4.69, 9.17) is 22.3 Å². The van der Waals surface area contributed by atoms with E-state index < -0.39 is 0 Å². The first kappa shape index (κ1) is 13.2. The van der Waals surface area contributed by atoms with Gasteiger partial charge in [-0.2, -0.15) is 0 Å². The molecular formula is C16H16ClN3. The molecule has 4 heteroatoms. The van der Waals surface area contributed by atoms with E-state index in [0.29, 0.717) is 6.54 Å². The number of benzene rings is 1. The van der Waals surface area contributed by atoms with Crippen LogP contribution in [0.2, 0.25) is 5.02 Å². The Labute approximate surface area is 123 Å². The Bertz CT molecular complexity index is 744. The molecule has 3 aromatic rings. The molecule has 2 aromatic heterocycles. The summed E-state index contributed by atoms with van der Waals surface area (Å²) in [5.41, 5.74) is 11.1. The molecule has 0 aliphatic carbocycles. The largest absolute Gasteiger partial charge is 0.330 e. The van der Waals surface area contributed by atoms with Gasteiger partial charge in [0.25, 0.3) is 0 Å². The highest BCUT2D eigenvalue weighted by atomic mass is 35.5. The Hall–Kier alpha value is -1.84. The minimum Gasteiger partial charge on any atom is -0.330 e. The number of fused-ring (bicyclic) bond motifs is 1. The maximum Gasteiger partial charge on any atom is 0.137 e. The molecular weight excluding hydrogens is 270 g/mol. The fourth-order valence-corrected chi connectivity index (χ4v) is 2.54. The van der Waals surface area contributed by atoms with Crippen molar-refractivity contribution in [2.24, 2.45) is 5.73 Å². The summed E-state index contributed by atoms with van der Waals surface area (Å²) in [7, 11) is 0. The van der Waals surface area contributed by atoms with Crippen molar-refractivity contribution in [3.8, 4) is 11.3 Å². The van der Waals surface area contributed by atoms with Gasteiger partial charge in [0, 0.05) is 23.2 Å². The maximum absolute atomic E-state index is 5.95. The quantitative estimate of drug-likeness (QED) is 0.801. The molecule has 0 aliphatic heterocycles. The first-order valence-corrected chi connectivity index (χ1v) is 7.00. The normalized spacial score (nSPS) is 11.2. The third-order valence-electron chi connectivity index (χ3n) is 3.38. The molecule has 3 rings (SSSR count). The van der Waals surface area contributed by atoms with E-state index in [0.717, 1.165) is 34.0 Å². The van der Waals surface area contributed by atoms with E-state index in [2.05, 4.69) is 29.7 Å². The van der Waals surface area contributed by atoms with Gasteiger partial charge in [0.05, 0.1) is 11.4 Å². The summed E-state index contributed by atoms with van der Waals surface area (Å²) in [5, 5.41) is 0.730. The van der Waals surface area contributed by atoms with Crippen molar-refractivity contribution >= 4 is 17.2 Å². The van der Waals surface area contributed by atoms with Crippen molar-refractivity contribution in [1.82, 2.24) is 9.38 Å². The van der Waals surface area contributed by atoms with Gasteiger partial charge < -0.3 is 10.1 Å². The summed E-state index contributed by atoms with van der Waals surface area (Å²) in [6, 6.07) is 11.9. The fourth-order valence-electron chi connectivity index (χ4n) is 2.41. The van der Waals surface area contributed by atoms with Gasteiger partial charge in [-0.1, -0.05) is 23.7 Å². The monoisotopic (exact) mass is 285 g/mol. The van der Waals surface area contributed by atoms with E-state index in [-0.39, 0.29) is 0 Å². The van der Waals surface area contributed by atoms with Gasteiger partial charge in [0.15, 0.2) is 0 Å². The molecule has 0 aliphatic rings. The molecule has 2 heterocycles. The zero-order valence-corrected chi connectivity index (χ0v) is 12.1. The van der Waals surface area contributed by atoms with Gasteiger partial charge in [0.2, 0.25) is 0 Å². The minimum absolute atomic E-state index is 0.599. The molecule has 2 N–H and O–H groups in total. The summed E-state index contributed by atoms with van der Waals surface area (Å²) < 4.78 is 2.11. The molecule has 102 valence electrons. The van der Waals surface area contributed by atoms with E-state index in [1.54, 1.807) is 0 Å². The van der Waals surface area contributed by atoms with Crippen LogP contribution in [0.15, 0.2) is 42.6 Å². The van der Waals surface area contributed by atoms with E-state index in [9.17, 15) is 0 Å². The summed E-state index contributed by atoms with van der Waals surface area (Å²) in [6.45, 7) is 2.67. The molecule has 0 spiro atoms. The van der Waals surface area contributed by atoms with Crippen molar-refractivity contribution in [2.75, 3.05) is 6.54 Å². The third kappa shape index (κ3) is 2.30. The van der Waals surface area contributed by atoms with Gasteiger partial charge in [-0.15, -0.1) is 0 Å². The number of pyridine rings is 1. The number of halogens is 1. The van der Waals surface area contributed by atoms with E-state index >= 15 is 0 Å². The van der Waals surface area contributed by atoms with Crippen LogP contribution in [0.5, 0.6) is 0 Å². The second-order valence-corrected chi connectivity index (χ2v) is 5.32. The van der Waals surface area contributed by atoms with Crippen LogP contribution in [0.3, 0.4) is 0 Å². The summed E-state index contributed by atoms with van der Waals surface area (Å²) in [6.07, 6.45) is 2.85. The number of rotatable bonds is 3. The Balaban J connectivity index is 2.22. The van der Waals surface area contributed by atoms with Crippen LogP contribution in [0.4, 0.5) is 0 Å². The zero-order chi connectivity index (χ0) is 14.1. The standard InChI is InChI=1S/C16H16ClN3/c1-11-7-9-20-14(6-8-18)16(19-15(20)10-11)12-2-4-13(17)5-3-12/h2-5,7,9-10H,6,8,18H2,1H3. The van der Waals surface area contributed by atoms with Crippen LogP contribution < -0.4 is 5.73 Å². The SMILES string of the molecule is Cc1ccn2c(CCN)c(-c3ccc(Cl)cc3)nc2c1. The molecule has 20 heavy (non-hydrogen) atoms. The lowest BCUT2D eigenvalue weighted by Crippen LogP contribution is -2.06. The van der Waals surface area contributed by atoms with Crippen molar-refractivity contribution in [2.45, 2.75) is 13.3 Å². The number of hydrogen-bond acceptors (Lipinski definition) is 2.